The van der Waals surface area contributed by atoms with Crippen molar-refractivity contribution in [2.75, 3.05) is 5.75 Å². The Kier molecular flexibility index (Phi) is 6.75. The van der Waals surface area contributed by atoms with Crippen LogP contribution in [0.2, 0.25) is 0 Å². The van der Waals surface area contributed by atoms with Crippen molar-refractivity contribution in [1.82, 2.24) is 10.2 Å². The van der Waals surface area contributed by atoms with E-state index < -0.39 is 18.0 Å². The highest BCUT2D eigenvalue weighted by Gasteiger charge is 2.20. The van der Waals surface area contributed by atoms with Gasteiger partial charge in [-0.1, -0.05) is 60.4 Å². The summed E-state index contributed by atoms with van der Waals surface area (Å²) in [6.07, 6.45) is -0.994. The molecule has 0 spiro atoms. The summed E-state index contributed by atoms with van der Waals surface area (Å²) in [4.78, 5) is 23.3. The van der Waals surface area contributed by atoms with E-state index in [0.29, 0.717) is 9.71 Å². The molecule has 0 aliphatic rings. The maximum Gasteiger partial charge on any atom is 0.516 e. The molecule has 9 heteroatoms. The van der Waals surface area contributed by atoms with E-state index in [0.717, 1.165) is 9.90 Å². The monoisotopic (exact) mass is 370 g/mol. The van der Waals surface area contributed by atoms with Crippen molar-refractivity contribution in [2.24, 2.45) is 5.92 Å². The molecular weight excluding hydrogens is 356 g/mol. The van der Waals surface area contributed by atoms with Crippen LogP contribution in [0.1, 0.15) is 12.5 Å². The zero-order valence-corrected chi connectivity index (χ0v) is 14.6. The van der Waals surface area contributed by atoms with Crippen molar-refractivity contribution >= 4 is 47.4 Å². The molecule has 0 aliphatic carbocycles. The largest absolute Gasteiger partial charge is 0.516 e. The molecule has 0 saturated carbocycles. The van der Waals surface area contributed by atoms with Gasteiger partial charge in [-0.25, -0.2) is 4.79 Å². The van der Waals surface area contributed by atoms with Gasteiger partial charge in [0.1, 0.15) is 6.61 Å². The Hall–Kier alpha value is -1.71. The van der Waals surface area contributed by atoms with Crippen molar-refractivity contribution in [3.8, 4) is 0 Å². The molecule has 1 aromatic carbocycles. The van der Waals surface area contributed by atoms with Crippen LogP contribution in [0.5, 0.6) is 0 Å². The van der Waals surface area contributed by atoms with E-state index in [1.165, 1.54) is 23.1 Å². The van der Waals surface area contributed by atoms with Gasteiger partial charge in [-0.2, -0.15) is 5.10 Å². The van der Waals surface area contributed by atoms with Crippen LogP contribution in [0.25, 0.3) is 0 Å². The van der Waals surface area contributed by atoms with Gasteiger partial charge in [0.05, 0.1) is 5.92 Å². The lowest BCUT2D eigenvalue weighted by Crippen LogP contribution is -2.21. The number of thioether (sulfide) groups is 1. The van der Waals surface area contributed by atoms with E-state index >= 15 is 0 Å². The summed E-state index contributed by atoms with van der Waals surface area (Å²) >= 11 is 7.63. The van der Waals surface area contributed by atoms with E-state index in [4.69, 9.17) is 17.0 Å². The summed E-state index contributed by atoms with van der Waals surface area (Å²) in [7, 11) is 0. The number of esters is 1. The summed E-state index contributed by atoms with van der Waals surface area (Å²) in [6, 6.07) is 9.15. The standard InChI is InChI=1S/C14H14N2O4S3/c1-9(8-22-13-16-15-12(21)23-13)11(17)20-14(18)19-7-10-5-3-2-4-6-10/h2-6,9H,7-8H2,1H3,(H,15,21). The van der Waals surface area contributed by atoms with Crippen LogP contribution in [-0.2, 0) is 20.9 Å². The van der Waals surface area contributed by atoms with Gasteiger partial charge in [-0.3, -0.25) is 9.89 Å². The van der Waals surface area contributed by atoms with Crippen LogP contribution in [-0.4, -0.2) is 28.1 Å². The zero-order valence-electron chi connectivity index (χ0n) is 12.2. The van der Waals surface area contributed by atoms with Crippen LogP contribution in [0.15, 0.2) is 34.7 Å². The van der Waals surface area contributed by atoms with Crippen LogP contribution in [0.3, 0.4) is 0 Å². The minimum Gasteiger partial charge on any atom is -0.429 e. The molecule has 1 aromatic heterocycles. The number of rotatable bonds is 6. The second-order valence-electron chi connectivity index (χ2n) is 4.54. The van der Waals surface area contributed by atoms with Gasteiger partial charge in [0.25, 0.3) is 0 Å². The molecule has 0 fully saturated rings. The number of aromatic nitrogens is 2. The molecule has 0 bridgehead atoms. The summed E-state index contributed by atoms with van der Waals surface area (Å²) in [5.41, 5.74) is 0.820. The number of ether oxygens (including phenoxy) is 2. The highest BCUT2D eigenvalue weighted by molar-refractivity contribution is 8.01. The maximum atomic E-state index is 11.8. The zero-order chi connectivity index (χ0) is 16.7. The van der Waals surface area contributed by atoms with E-state index in [1.807, 2.05) is 30.3 Å². The Balaban J connectivity index is 1.72. The Bertz CT molecular complexity index is 714. The lowest BCUT2D eigenvalue weighted by atomic mass is 10.2. The fourth-order valence-corrected chi connectivity index (χ4v) is 3.58. The normalized spacial score (nSPS) is 11.7. The molecule has 0 saturated heterocycles. The Morgan fingerprint density at radius 1 is 1.39 bits per heavy atom. The highest BCUT2D eigenvalue weighted by Crippen LogP contribution is 2.23. The molecule has 122 valence electrons. The molecule has 6 nitrogen and oxygen atoms in total. The van der Waals surface area contributed by atoms with Crippen LogP contribution in [0.4, 0.5) is 4.79 Å². The topological polar surface area (TPSA) is 81.3 Å². The SMILES string of the molecule is CC(CSc1n[nH]c(=S)s1)C(=O)OC(=O)OCc1ccccc1. The number of hydrogen-bond acceptors (Lipinski definition) is 8. The van der Waals surface area contributed by atoms with E-state index in [2.05, 4.69) is 14.9 Å². The van der Waals surface area contributed by atoms with Gasteiger partial charge in [-0.15, -0.1) is 0 Å². The number of benzene rings is 1. The molecule has 1 unspecified atom stereocenters. The first-order valence-electron chi connectivity index (χ1n) is 6.65. The van der Waals surface area contributed by atoms with E-state index in [-0.39, 0.29) is 6.61 Å². The fourth-order valence-electron chi connectivity index (χ4n) is 1.47. The lowest BCUT2D eigenvalue weighted by Gasteiger charge is -2.09. The van der Waals surface area contributed by atoms with Crippen molar-refractivity contribution in [1.29, 1.82) is 0 Å². The molecule has 0 amide bonds. The molecule has 1 atom stereocenters. The average Bonchev–Trinajstić information content (AvgIpc) is 2.97. The number of nitrogens with zero attached hydrogens (tertiary/aromatic N) is 1. The lowest BCUT2D eigenvalue weighted by molar-refractivity contribution is -0.143. The average molecular weight is 370 g/mol. The number of carbonyl (C=O) groups excluding carboxylic acids is 2. The summed E-state index contributed by atoms with van der Waals surface area (Å²) < 4.78 is 10.9. The van der Waals surface area contributed by atoms with Crippen LogP contribution in [0, 0.1) is 9.87 Å². The number of H-pyrrole nitrogens is 1. The van der Waals surface area contributed by atoms with E-state index in [1.54, 1.807) is 6.92 Å². The minimum atomic E-state index is -0.994. The van der Waals surface area contributed by atoms with Gasteiger partial charge in [-0.05, 0) is 17.8 Å². The summed E-state index contributed by atoms with van der Waals surface area (Å²) in [6.45, 7) is 1.73. The van der Waals surface area contributed by atoms with Gasteiger partial charge >= 0.3 is 12.1 Å². The second kappa shape index (κ2) is 8.80. The Labute approximate surface area is 146 Å². The molecule has 1 N–H and O–H groups in total. The predicted molar refractivity (Wildman–Crippen MR) is 89.9 cm³/mol. The first-order chi connectivity index (χ1) is 11.0. The third-order valence-corrected chi connectivity index (χ3v) is 5.15. The van der Waals surface area contributed by atoms with Crippen molar-refractivity contribution in [3.63, 3.8) is 0 Å². The molecule has 0 aliphatic heterocycles. The first kappa shape index (κ1) is 17.6. The van der Waals surface area contributed by atoms with Gasteiger partial charge in [0.15, 0.2) is 8.29 Å². The number of carbonyl (C=O) groups is 2. The van der Waals surface area contributed by atoms with Gasteiger partial charge in [0.2, 0.25) is 0 Å². The predicted octanol–water partition coefficient (Wildman–Crippen LogP) is 3.81. The molecule has 1 heterocycles. The van der Waals surface area contributed by atoms with Gasteiger partial charge in [0, 0.05) is 5.75 Å². The third kappa shape index (κ3) is 6.12. The number of nitrogens with one attached hydrogen (secondary N) is 1. The second-order valence-corrected chi connectivity index (χ2v) is 7.47. The Morgan fingerprint density at radius 2 is 2.13 bits per heavy atom. The van der Waals surface area contributed by atoms with E-state index in [9.17, 15) is 9.59 Å². The highest BCUT2D eigenvalue weighted by atomic mass is 32.2. The first-order valence-corrected chi connectivity index (χ1v) is 8.86. The summed E-state index contributed by atoms with van der Waals surface area (Å²) in [5.74, 6) is -0.669. The van der Waals surface area contributed by atoms with Crippen molar-refractivity contribution in [3.05, 3.63) is 39.8 Å². The number of hydrogen-bond donors (Lipinski definition) is 1. The fraction of sp³-hybridized carbons (Fsp3) is 0.286. The van der Waals surface area contributed by atoms with Crippen molar-refractivity contribution in [2.45, 2.75) is 17.9 Å². The van der Waals surface area contributed by atoms with Crippen LogP contribution < -0.4 is 0 Å². The Morgan fingerprint density at radius 3 is 2.78 bits per heavy atom. The molecule has 2 rings (SSSR count). The van der Waals surface area contributed by atoms with Gasteiger partial charge < -0.3 is 9.47 Å². The minimum absolute atomic E-state index is 0.0621. The smallest absolute Gasteiger partial charge is 0.429 e. The summed E-state index contributed by atoms with van der Waals surface area (Å²) in [5, 5.41) is 6.64. The molecule has 0 radical (unpaired) electrons. The van der Waals surface area contributed by atoms with Crippen LogP contribution >= 0.6 is 35.3 Å². The maximum absolute atomic E-state index is 11.8. The number of aromatic amines is 1. The third-order valence-electron chi connectivity index (χ3n) is 2.66. The quantitative estimate of drug-likeness (QED) is 0.358. The molecule has 23 heavy (non-hydrogen) atoms. The van der Waals surface area contributed by atoms with Crippen molar-refractivity contribution < 1.29 is 19.1 Å². The molecule has 2 aromatic rings. The molecular formula is C14H14N2O4S3.